The highest BCUT2D eigenvalue weighted by molar-refractivity contribution is 5.83. The summed E-state index contributed by atoms with van der Waals surface area (Å²) in [6.45, 7) is 1.85. The first-order valence-electron chi connectivity index (χ1n) is 8.63. The van der Waals surface area contributed by atoms with Crippen LogP contribution in [0.4, 0.5) is 0 Å². The van der Waals surface area contributed by atoms with E-state index in [1.165, 1.54) is 14.2 Å². The Kier molecular flexibility index (Phi) is 5.13. The molecule has 6 heteroatoms. The first-order chi connectivity index (χ1) is 12.9. The average Bonchev–Trinajstić information content (AvgIpc) is 3.07. The summed E-state index contributed by atoms with van der Waals surface area (Å²) < 4.78 is 21.7. The Hall–Kier alpha value is -2.57. The summed E-state index contributed by atoms with van der Waals surface area (Å²) in [4.78, 5) is 12.8. The number of methoxy groups -OCH3 is 3. The normalized spacial score (nSPS) is 24.5. The van der Waals surface area contributed by atoms with E-state index in [9.17, 15) is 9.90 Å². The van der Waals surface area contributed by atoms with Crippen LogP contribution in [0.3, 0.4) is 0 Å². The maximum absolute atomic E-state index is 12.8. The molecule has 0 amide bonds. The van der Waals surface area contributed by atoms with Crippen molar-refractivity contribution < 1.29 is 28.8 Å². The van der Waals surface area contributed by atoms with Crippen molar-refractivity contribution in [2.75, 3.05) is 27.9 Å². The van der Waals surface area contributed by atoms with E-state index in [1.54, 1.807) is 37.4 Å². The van der Waals surface area contributed by atoms with E-state index in [1.807, 2.05) is 19.1 Å². The van der Waals surface area contributed by atoms with E-state index in [2.05, 4.69) is 0 Å². The van der Waals surface area contributed by atoms with E-state index in [0.29, 0.717) is 22.6 Å². The molecule has 6 nitrogen and oxygen atoms in total. The number of benzene rings is 2. The minimum atomic E-state index is -1.47. The number of rotatable bonds is 5. The maximum Gasteiger partial charge on any atom is 0.343 e. The third-order valence-corrected chi connectivity index (χ3v) is 5.01. The van der Waals surface area contributed by atoms with Crippen LogP contribution in [-0.4, -0.2) is 39.0 Å². The molecule has 0 radical (unpaired) electrons. The molecule has 2 atom stereocenters. The minimum Gasteiger partial charge on any atom is -0.497 e. The van der Waals surface area contributed by atoms with Crippen molar-refractivity contribution in [1.29, 1.82) is 0 Å². The van der Waals surface area contributed by atoms with Gasteiger partial charge in [0.1, 0.15) is 17.1 Å². The van der Waals surface area contributed by atoms with Crippen molar-refractivity contribution in [3.05, 3.63) is 59.2 Å². The molecule has 144 valence electrons. The van der Waals surface area contributed by atoms with Gasteiger partial charge in [-0.25, -0.2) is 4.79 Å². The molecule has 0 saturated carbocycles. The largest absolute Gasteiger partial charge is 0.497 e. The zero-order chi connectivity index (χ0) is 19.7. The second kappa shape index (κ2) is 7.21. The van der Waals surface area contributed by atoms with Crippen molar-refractivity contribution in [2.45, 2.75) is 24.5 Å². The van der Waals surface area contributed by atoms with Crippen LogP contribution < -0.4 is 9.47 Å². The van der Waals surface area contributed by atoms with Gasteiger partial charge in [-0.05, 0) is 36.8 Å². The van der Waals surface area contributed by atoms with E-state index in [-0.39, 0.29) is 13.0 Å². The van der Waals surface area contributed by atoms with E-state index < -0.39 is 17.2 Å². The maximum atomic E-state index is 12.8. The molecule has 2 aromatic rings. The third-order valence-electron chi connectivity index (χ3n) is 5.01. The highest BCUT2D eigenvalue weighted by Gasteiger charge is 2.57. The van der Waals surface area contributed by atoms with Gasteiger partial charge in [0, 0.05) is 12.0 Å². The molecular formula is C21H24O6. The molecule has 1 saturated heterocycles. The summed E-state index contributed by atoms with van der Waals surface area (Å²) in [5, 5.41) is 11.3. The SMILES string of the molecule is COC(=O)[C@]1(c2cc(C)ccc2OC)C[C@@](O)(c2cccc(OC)c2)CO1. The lowest BCUT2D eigenvalue weighted by atomic mass is 9.81. The van der Waals surface area contributed by atoms with Crippen molar-refractivity contribution >= 4 is 5.97 Å². The van der Waals surface area contributed by atoms with Gasteiger partial charge in [0.2, 0.25) is 0 Å². The number of aryl methyl sites for hydroxylation is 1. The van der Waals surface area contributed by atoms with Crippen molar-refractivity contribution in [1.82, 2.24) is 0 Å². The lowest BCUT2D eigenvalue weighted by Gasteiger charge is -2.29. The fourth-order valence-electron chi connectivity index (χ4n) is 3.57. The van der Waals surface area contributed by atoms with Crippen LogP contribution in [0, 0.1) is 6.92 Å². The van der Waals surface area contributed by atoms with Crippen LogP contribution >= 0.6 is 0 Å². The van der Waals surface area contributed by atoms with Crippen molar-refractivity contribution in [2.24, 2.45) is 0 Å². The number of hydrogen-bond acceptors (Lipinski definition) is 6. The Labute approximate surface area is 158 Å². The molecule has 0 unspecified atom stereocenters. The molecule has 1 aliphatic heterocycles. The highest BCUT2D eigenvalue weighted by atomic mass is 16.6. The number of hydrogen-bond donors (Lipinski definition) is 1. The van der Waals surface area contributed by atoms with Crippen LogP contribution in [0.2, 0.25) is 0 Å². The monoisotopic (exact) mass is 372 g/mol. The second-order valence-electron chi connectivity index (χ2n) is 6.75. The van der Waals surface area contributed by atoms with Crippen LogP contribution in [-0.2, 0) is 25.5 Å². The fraction of sp³-hybridized carbons (Fsp3) is 0.381. The van der Waals surface area contributed by atoms with Crippen LogP contribution in [0.15, 0.2) is 42.5 Å². The van der Waals surface area contributed by atoms with Gasteiger partial charge in [-0.2, -0.15) is 0 Å². The zero-order valence-electron chi connectivity index (χ0n) is 15.9. The Morgan fingerprint density at radius 2 is 1.89 bits per heavy atom. The van der Waals surface area contributed by atoms with E-state index in [4.69, 9.17) is 18.9 Å². The number of ether oxygens (including phenoxy) is 4. The molecule has 2 aromatic carbocycles. The molecule has 1 fully saturated rings. The number of esters is 1. The summed E-state index contributed by atoms with van der Waals surface area (Å²) in [6, 6.07) is 12.6. The smallest absolute Gasteiger partial charge is 0.343 e. The van der Waals surface area contributed by atoms with E-state index >= 15 is 0 Å². The van der Waals surface area contributed by atoms with Crippen LogP contribution in [0.5, 0.6) is 11.5 Å². The van der Waals surface area contributed by atoms with Gasteiger partial charge < -0.3 is 24.1 Å². The summed E-state index contributed by atoms with van der Waals surface area (Å²) >= 11 is 0. The zero-order valence-corrected chi connectivity index (χ0v) is 15.9. The summed E-state index contributed by atoms with van der Waals surface area (Å²) in [6.07, 6.45) is -0.000343. The van der Waals surface area contributed by atoms with Gasteiger partial charge in [-0.15, -0.1) is 0 Å². The summed E-state index contributed by atoms with van der Waals surface area (Å²) in [5.41, 5.74) is -0.758. The molecule has 3 rings (SSSR count). The van der Waals surface area contributed by atoms with Crippen molar-refractivity contribution in [3.8, 4) is 11.5 Å². The Morgan fingerprint density at radius 1 is 1.11 bits per heavy atom. The quantitative estimate of drug-likeness (QED) is 0.814. The molecule has 1 aliphatic rings. The first kappa shape index (κ1) is 19.2. The molecule has 0 spiro atoms. The average molecular weight is 372 g/mol. The van der Waals surface area contributed by atoms with Gasteiger partial charge in [0.15, 0.2) is 5.60 Å². The van der Waals surface area contributed by atoms with Crippen LogP contribution in [0.1, 0.15) is 23.1 Å². The molecule has 1 N–H and O–H groups in total. The third kappa shape index (κ3) is 3.26. The Morgan fingerprint density at radius 3 is 2.56 bits per heavy atom. The number of carbonyl (C=O) groups excluding carboxylic acids is 1. The van der Waals surface area contributed by atoms with Gasteiger partial charge in [-0.1, -0.05) is 23.8 Å². The van der Waals surface area contributed by atoms with E-state index in [0.717, 1.165) is 5.56 Å². The number of aliphatic hydroxyl groups is 1. The molecule has 0 aromatic heterocycles. The molecule has 27 heavy (non-hydrogen) atoms. The molecule has 0 aliphatic carbocycles. The Bertz CT molecular complexity index is 848. The van der Waals surface area contributed by atoms with Crippen molar-refractivity contribution in [3.63, 3.8) is 0 Å². The molecule has 0 bridgehead atoms. The van der Waals surface area contributed by atoms with Gasteiger partial charge in [0.25, 0.3) is 0 Å². The second-order valence-corrected chi connectivity index (χ2v) is 6.75. The fourth-order valence-corrected chi connectivity index (χ4v) is 3.57. The number of carbonyl (C=O) groups is 1. The topological polar surface area (TPSA) is 74.2 Å². The predicted molar refractivity (Wildman–Crippen MR) is 98.9 cm³/mol. The summed E-state index contributed by atoms with van der Waals surface area (Å²) in [7, 11) is 4.39. The Balaban J connectivity index is 2.11. The minimum absolute atomic E-state index is 0.000343. The van der Waals surface area contributed by atoms with Gasteiger partial charge in [-0.3, -0.25) is 0 Å². The molecular weight excluding hydrogens is 348 g/mol. The first-order valence-corrected chi connectivity index (χ1v) is 8.63. The summed E-state index contributed by atoms with van der Waals surface area (Å²) in [5.74, 6) is 0.538. The van der Waals surface area contributed by atoms with Crippen LogP contribution in [0.25, 0.3) is 0 Å². The standard InChI is InChI=1S/C21H24O6/c1-14-8-9-18(25-3)17(10-14)21(19(22)26-4)12-20(23,13-27-21)15-6-5-7-16(11-15)24-2/h5-11,23H,12-13H2,1-4H3/t20-,21+/m0/s1. The predicted octanol–water partition coefficient (Wildman–Crippen LogP) is 2.69. The van der Waals surface area contributed by atoms with Gasteiger partial charge in [0.05, 0.1) is 27.9 Å². The lowest BCUT2D eigenvalue weighted by molar-refractivity contribution is -0.165. The van der Waals surface area contributed by atoms with Gasteiger partial charge >= 0.3 is 5.97 Å². The highest BCUT2D eigenvalue weighted by Crippen LogP contribution is 2.49. The molecule has 1 heterocycles. The lowest BCUT2D eigenvalue weighted by Crippen LogP contribution is -2.38.